The summed E-state index contributed by atoms with van der Waals surface area (Å²) in [6.45, 7) is 1.84. The predicted molar refractivity (Wildman–Crippen MR) is 81.2 cm³/mol. The van der Waals surface area contributed by atoms with Crippen LogP contribution in [0.1, 0.15) is 23.1 Å². The maximum Gasteiger partial charge on any atom is 0.128 e. The Morgan fingerprint density at radius 1 is 1.29 bits per heavy atom. The van der Waals surface area contributed by atoms with Gasteiger partial charge in [-0.2, -0.15) is 5.10 Å². The summed E-state index contributed by atoms with van der Waals surface area (Å²) in [5.74, 6) is 1.16. The van der Waals surface area contributed by atoms with Crippen LogP contribution in [0.3, 0.4) is 0 Å². The number of aromatic nitrogens is 2. The minimum absolute atomic E-state index is 0.326. The van der Waals surface area contributed by atoms with E-state index >= 15 is 0 Å². The van der Waals surface area contributed by atoms with Gasteiger partial charge in [-0.25, -0.2) is 0 Å². The number of ether oxygens (including phenoxy) is 2. The minimum atomic E-state index is -0.802. The van der Waals surface area contributed by atoms with Crippen molar-refractivity contribution in [1.29, 1.82) is 0 Å². The quantitative estimate of drug-likeness (QED) is 0.922. The number of aliphatic hydroxyl groups is 1. The lowest BCUT2D eigenvalue weighted by molar-refractivity contribution is 0.167. The van der Waals surface area contributed by atoms with Gasteiger partial charge < -0.3 is 14.6 Å². The van der Waals surface area contributed by atoms with Crippen molar-refractivity contribution in [3.63, 3.8) is 0 Å². The number of rotatable bonds is 5. The summed E-state index contributed by atoms with van der Waals surface area (Å²) >= 11 is 6.24. The highest BCUT2D eigenvalue weighted by Gasteiger charge is 2.22. The lowest BCUT2D eigenvalue weighted by Crippen LogP contribution is -2.09. The molecular formula is C15H19ClN2O3. The van der Waals surface area contributed by atoms with Crippen LogP contribution in [0, 0.1) is 6.92 Å². The summed E-state index contributed by atoms with van der Waals surface area (Å²) in [5.41, 5.74) is 2.13. The molecule has 6 heteroatoms. The van der Waals surface area contributed by atoms with Crippen LogP contribution in [0.25, 0.3) is 0 Å². The van der Waals surface area contributed by atoms with E-state index in [0.717, 1.165) is 11.4 Å². The van der Waals surface area contributed by atoms with Crippen LogP contribution in [-0.2, 0) is 13.5 Å². The molecule has 0 spiro atoms. The first kappa shape index (κ1) is 15.7. The molecule has 0 saturated heterocycles. The number of methoxy groups -OCH3 is 2. The van der Waals surface area contributed by atoms with E-state index in [1.54, 1.807) is 38.1 Å². The Labute approximate surface area is 129 Å². The van der Waals surface area contributed by atoms with Crippen molar-refractivity contribution in [2.24, 2.45) is 7.05 Å². The summed E-state index contributed by atoms with van der Waals surface area (Å²) in [7, 11) is 4.93. The van der Waals surface area contributed by atoms with Crippen LogP contribution in [-0.4, -0.2) is 29.1 Å². The zero-order valence-electron chi connectivity index (χ0n) is 12.6. The van der Waals surface area contributed by atoms with E-state index < -0.39 is 6.10 Å². The molecule has 1 heterocycles. The summed E-state index contributed by atoms with van der Waals surface area (Å²) in [6, 6.07) is 5.39. The van der Waals surface area contributed by atoms with E-state index in [0.29, 0.717) is 28.5 Å². The van der Waals surface area contributed by atoms with Gasteiger partial charge in [-0.15, -0.1) is 0 Å². The van der Waals surface area contributed by atoms with Gasteiger partial charge in [0.25, 0.3) is 0 Å². The Kier molecular flexibility index (Phi) is 4.75. The Bertz CT molecular complexity index is 618. The molecule has 0 amide bonds. The number of nitrogens with zero attached hydrogens (tertiary/aromatic N) is 2. The van der Waals surface area contributed by atoms with Crippen LogP contribution in [0.4, 0.5) is 0 Å². The second-order valence-electron chi connectivity index (χ2n) is 4.77. The molecule has 1 aromatic carbocycles. The van der Waals surface area contributed by atoms with Crippen LogP contribution >= 0.6 is 11.6 Å². The Morgan fingerprint density at radius 3 is 2.29 bits per heavy atom. The monoisotopic (exact) mass is 310 g/mol. The number of halogens is 1. The van der Waals surface area contributed by atoms with Gasteiger partial charge in [0, 0.05) is 13.5 Å². The second-order valence-corrected chi connectivity index (χ2v) is 5.14. The number of hydrogen-bond donors (Lipinski definition) is 1. The molecule has 0 fully saturated rings. The smallest absolute Gasteiger partial charge is 0.128 e. The van der Waals surface area contributed by atoms with Gasteiger partial charge in [0.2, 0.25) is 0 Å². The van der Waals surface area contributed by atoms with E-state index in [1.807, 2.05) is 13.0 Å². The maximum atomic E-state index is 10.6. The van der Waals surface area contributed by atoms with Crippen LogP contribution in [0.5, 0.6) is 11.5 Å². The van der Waals surface area contributed by atoms with Gasteiger partial charge in [-0.05, 0) is 19.1 Å². The minimum Gasteiger partial charge on any atom is -0.496 e. The predicted octanol–water partition coefficient (Wildman–Crippen LogP) is 2.68. The first-order chi connectivity index (χ1) is 9.99. The van der Waals surface area contributed by atoms with Crippen molar-refractivity contribution in [3.05, 3.63) is 40.2 Å². The summed E-state index contributed by atoms with van der Waals surface area (Å²) < 4.78 is 12.3. The van der Waals surface area contributed by atoms with E-state index in [-0.39, 0.29) is 0 Å². The van der Waals surface area contributed by atoms with E-state index in [2.05, 4.69) is 5.10 Å². The second kappa shape index (κ2) is 6.37. The third-order valence-corrected chi connectivity index (χ3v) is 3.94. The van der Waals surface area contributed by atoms with Crippen molar-refractivity contribution in [3.8, 4) is 11.5 Å². The molecule has 114 valence electrons. The van der Waals surface area contributed by atoms with Crippen LogP contribution in [0.2, 0.25) is 5.02 Å². The lowest BCUT2D eigenvalue weighted by Gasteiger charge is -2.18. The number of benzene rings is 1. The third kappa shape index (κ3) is 2.99. The van der Waals surface area contributed by atoms with Crippen molar-refractivity contribution < 1.29 is 14.6 Å². The Hall–Kier alpha value is -1.72. The van der Waals surface area contributed by atoms with Gasteiger partial charge in [0.1, 0.15) is 11.5 Å². The lowest BCUT2D eigenvalue weighted by atomic mass is 10.0. The molecule has 2 aromatic rings. The highest BCUT2D eigenvalue weighted by molar-refractivity contribution is 6.31. The fraction of sp³-hybridized carbons (Fsp3) is 0.400. The SMILES string of the molecule is COc1cccc(OC)c1C(O)Cc1c(Cl)c(C)nn1C. The van der Waals surface area contributed by atoms with E-state index in [1.165, 1.54) is 0 Å². The summed E-state index contributed by atoms with van der Waals surface area (Å²) in [6.07, 6.45) is -0.476. The average molecular weight is 311 g/mol. The molecule has 0 aliphatic rings. The molecule has 0 aliphatic heterocycles. The number of aryl methyl sites for hydroxylation is 2. The molecule has 1 aromatic heterocycles. The number of aliphatic hydroxyl groups excluding tert-OH is 1. The number of hydrogen-bond acceptors (Lipinski definition) is 4. The molecule has 0 radical (unpaired) electrons. The summed E-state index contributed by atoms with van der Waals surface area (Å²) in [4.78, 5) is 0. The Morgan fingerprint density at radius 2 is 1.86 bits per heavy atom. The zero-order valence-corrected chi connectivity index (χ0v) is 13.3. The molecule has 0 saturated carbocycles. The van der Waals surface area contributed by atoms with Crippen molar-refractivity contribution >= 4 is 11.6 Å². The molecular weight excluding hydrogens is 292 g/mol. The van der Waals surface area contributed by atoms with Gasteiger partial charge in [-0.1, -0.05) is 17.7 Å². The summed E-state index contributed by atoms with van der Waals surface area (Å²) in [5, 5.41) is 15.4. The molecule has 2 rings (SSSR count). The molecule has 0 aliphatic carbocycles. The van der Waals surface area contributed by atoms with Gasteiger partial charge in [-0.3, -0.25) is 4.68 Å². The van der Waals surface area contributed by atoms with E-state index in [9.17, 15) is 5.11 Å². The highest BCUT2D eigenvalue weighted by atomic mass is 35.5. The van der Waals surface area contributed by atoms with Crippen molar-refractivity contribution in [2.75, 3.05) is 14.2 Å². The average Bonchev–Trinajstić information content (AvgIpc) is 2.72. The molecule has 0 bridgehead atoms. The normalized spacial score (nSPS) is 12.3. The Balaban J connectivity index is 2.38. The fourth-order valence-corrected chi connectivity index (χ4v) is 2.63. The van der Waals surface area contributed by atoms with Crippen molar-refractivity contribution in [2.45, 2.75) is 19.4 Å². The van der Waals surface area contributed by atoms with Crippen LogP contribution in [0.15, 0.2) is 18.2 Å². The fourth-order valence-electron chi connectivity index (χ4n) is 2.40. The molecule has 21 heavy (non-hydrogen) atoms. The molecule has 1 unspecified atom stereocenters. The maximum absolute atomic E-state index is 10.6. The largest absolute Gasteiger partial charge is 0.496 e. The van der Waals surface area contributed by atoms with E-state index in [4.69, 9.17) is 21.1 Å². The third-order valence-electron chi connectivity index (χ3n) is 3.45. The first-order valence-corrected chi connectivity index (χ1v) is 6.94. The van der Waals surface area contributed by atoms with Gasteiger partial charge in [0.05, 0.1) is 42.3 Å². The molecule has 1 atom stereocenters. The van der Waals surface area contributed by atoms with Gasteiger partial charge in [0.15, 0.2) is 0 Å². The molecule has 1 N–H and O–H groups in total. The highest BCUT2D eigenvalue weighted by Crippen LogP contribution is 2.36. The molecule has 5 nitrogen and oxygen atoms in total. The zero-order chi connectivity index (χ0) is 15.6. The topological polar surface area (TPSA) is 56.5 Å². The standard InChI is InChI=1S/C15H19ClN2O3/c1-9-15(16)10(18(2)17-9)8-11(19)14-12(20-3)6-5-7-13(14)21-4/h5-7,11,19H,8H2,1-4H3. The first-order valence-electron chi connectivity index (χ1n) is 6.56. The van der Waals surface area contributed by atoms with Crippen LogP contribution < -0.4 is 9.47 Å². The van der Waals surface area contributed by atoms with Gasteiger partial charge >= 0.3 is 0 Å². The van der Waals surface area contributed by atoms with Crippen molar-refractivity contribution in [1.82, 2.24) is 9.78 Å².